The molecule has 21 heavy (non-hydrogen) atoms. The highest BCUT2D eigenvalue weighted by Crippen LogP contribution is 2.26. The molecule has 0 unspecified atom stereocenters. The van der Waals surface area contributed by atoms with Gasteiger partial charge in [-0.1, -0.05) is 37.2 Å². The monoisotopic (exact) mass is 319 g/mol. The second-order valence-corrected chi connectivity index (χ2v) is 6.04. The Hall–Kier alpha value is -1.66. The summed E-state index contributed by atoms with van der Waals surface area (Å²) in [5.41, 5.74) is 3.33. The molecule has 0 saturated heterocycles. The molecule has 7 heteroatoms. The molecular formula is C14H14ClN5S. The SMILES string of the molecule is CSc1nccc(-c2cc(Cl)n3ncc(C(C)C)c3n2)n1. The van der Waals surface area contributed by atoms with E-state index in [2.05, 4.69) is 33.9 Å². The van der Waals surface area contributed by atoms with Gasteiger partial charge in [0.05, 0.1) is 17.6 Å². The molecule has 0 amide bonds. The number of nitrogens with zero attached hydrogens (tertiary/aromatic N) is 5. The minimum absolute atomic E-state index is 0.327. The van der Waals surface area contributed by atoms with Crippen LogP contribution >= 0.6 is 23.4 Å². The summed E-state index contributed by atoms with van der Waals surface area (Å²) in [7, 11) is 0. The van der Waals surface area contributed by atoms with Crippen LogP contribution in [0.25, 0.3) is 17.0 Å². The number of halogens is 1. The molecule has 0 bridgehead atoms. The highest BCUT2D eigenvalue weighted by molar-refractivity contribution is 7.98. The van der Waals surface area contributed by atoms with Crippen LogP contribution < -0.4 is 0 Å². The highest BCUT2D eigenvalue weighted by Gasteiger charge is 2.14. The van der Waals surface area contributed by atoms with Crippen molar-refractivity contribution in [1.82, 2.24) is 24.6 Å². The first-order valence-corrected chi connectivity index (χ1v) is 8.12. The first-order chi connectivity index (χ1) is 10.1. The van der Waals surface area contributed by atoms with Crippen LogP contribution in [0.4, 0.5) is 0 Å². The summed E-state index contributed by atoms with van der Waals surface area (Å²) in [6.45, 7) is 4.21. The van der Waals surface area contributed by atoms with Crippen molar-refractivity contribution in [3.05, 3.63) is 35.2 Å². The van der Waals surface area contributed by atoms with Crippen LogP contribution in [-0.4, -0.2) is 30.8 Å². The smallest absolute Gasteiger partial charge is 0.187 e. The van der Waals surface area contributed by atoms with Gasteiger partial charge < -0.3 is 0 Å². The predicted octanol–water partition coefficient (Wildman–Crippen LogP) is 3.69. The maximum atomic E-state index is 6.32. The van der Waals surface area contributed by atoms with Gasteiger partial charge in [-0.3, -0.25) is 0 Å². The molecule has 0 aliphatic heterocycles. The van der Waals surface area contributed by atoms with E-state index in [0.29, 0.717) is 16.2 Å². The summed E-state index contributed by atoms with van der Waals surface area (Å²) in [6, 6.07) is 3.61. The Morgan fingerprint density at radius 1 is 1.24 bits per heavy atom. The molecule has 108 valence electrons. The molecule has 3 aromatic heterocycles. The van der Waals surface area contributed by atoms with Gasteiger partial charge >= 0.3 is 0 Å². The van der Waals surface area contributed by atoms with E-state index in [1.807, 2.05) is 18.5 Å². The molecule has 0 aliphatic carbocycles. The summed E-state index contributed by atoms with van der Waals surface area (Å²) >= 11 is 7.81. The molecule has 0 atom stereocenters. The van der Waals surface area contributed by atoms with Crippen molar-refractivity contribution in [2.24, 2.45) is 0 Å². The van der Waals surface area contributed by atoms with E-state index in [9.17, 15) is 0 Å². The van der Waals surface area contributed by atoms with Gasteiger partial charge in [-0.05, 0) is 18.2 Å². The molecule has 0 aromatic carbocycles. The van der Waals surface area contributed by atoms with Crippen molar-refractivity contribution in [1.29, 1.82) is 0 Å². The van der Waals surface area contributed by atoms with Crippen LogP contribution in [0.2, 0.25) is 5.15 Å². The topological polar surface area (TPSA) is 56.0 Å². The summed E-state index contributed by atoms with van der Waals surface area (Å²) in [4.78, 5) is 13.3. The summed E-state index contributed by atoms with van der Waals surface area (Å²) < 4.78 is 1.65. The van der Waals surface area contributed by atoms with Crippen LogP contribution in [0.5, 0.6) is 0 Å². The third-order valence-corrected chi connectivity index (χ3v) is 3.99. The van der Waals surface area contributed by atoms with Gasteiger partial charge in [-0.25, -0.2) is 19.5 Å². The summed E-state index contributed by atoms with van der Waals surface area (Å²) in [5, 5.41) is 5.52. The Bertz CT molecular complexity index is 799. The quantitative estimate of drug-likeness (QED) is 0.418. The summed E-state index contributed by atoms with van der Waals surface area (Å²) in [6.07, 6.45) is 5.49. The van der Waals surface area contributed by atoms with Gasteiger partial charge in [0.25, 0.3) is 0 Å². The molecule has 3 aromatic rings. The van der Waals surface area contributed by atoms with Crippen LogP contribution in [0.15, 0.2) is 29.7 Å². The average Bonchev–Trinajstić information content (AvgIpc) is 2.92. The van der Waals surface area contributed by atoms with Gasteiger partial charge in [-0.2, -0.15) is 5.10 Å². The van der Waals surface area contributed by atoms with Crippen molar-refractivity contribution in [2.75, 3.05) is 6.26 Å². The van der Waals surface area contributed by atoms with Crippen LogP contribution in [-0.2, 0) is 0 Å². The predicted molar refractivity (Wildman–Crippen MR) is 84.9 cm³/mol. The van der Waals surface area contributed by atoms with E-state index >= 15 is 0 Å². The fourth-order valence-electron chi connectivity index (χ4n) is 2.06. The Morgan fingerprint density at radius 3 is 2.76 bits per heavy atom. The zero-order valence-electron chi connectivity index (χ0n) is 11.9. The average molecular weight is 320 g/mol. The third-order valence-electron chi connectivity index (χ3n) is 3.16. The Labute approximate surface area is 131 Å². The molecule has 5 nitrogen and oxygen atoms in total. The zero-order valence-corrected chi connectivity index (χ0v) is 13.5. The van der Waals surface area contributed by atoms with E-state index in [1.54, 1.807) is 16.8 Å². The third kappa shape index (κ3) is 2.61. The minimum atomic E-state index is 0.327. The van der Waals surface area contributed by atoms with Crippen molar-refractivity contribution in [3.8, 4) is 11.4 Å². The van der Waals surface area contributed by atoms with Crippen LogP contribution in [0.3, 0.4) is 0 Å². The van der Waals surface area contributed by atoms with Crippen molar-refractivity contribution < 1.29 is 0 Å². The zero-order chi connectivity index (χ0) is 15.0. The fourth-order valence-corrected chi connectivity index (χ4v) is 2.65. The molecule has 0 N–H and O–H groups in total. The van der Waals surface area contributed by atoms with Crippen LogP contribution in [0, 0.1) is 0 Å². The number of thioether (sulfide) groups is 1. The number of aromatic nitrogens is 5. The first kappa shape index (κ1) is 14.3. The van der Waals surface area contributed by atoms with E-state index < -0.39 is 0 Å². The van der Waals surface area contributed by atoms with Gasteiger partial charge in [-0.15, -0.1) is 0 Å². The minimum Gasteiger partial charge on any atom is -0.231 e. The Kier molecular flexibility index (Phi) is 3.82. The van der Waals surface area contributed by atoms with Crippen molar-refractivity contribution in [2.45, 2.75) is 24.9 Å². The molecular weight excluding hydrogens is 306 g/mol. The second-order valence-electron chi connectivity index (χ2n) is 4.88. The second kappa shape index (κ2) is 5.61. The van der Waals surface area contributed by atoms with E-state index in [0.717, 1.165) is 22.6 Å². The molecule has 0 radical (unpaired) electrons. The lowest BCUT2D eigenvalue weighted by molar-refractivity contribution is 0.871. The maximum absolute atomic E-state index is 6.32. The molecule has 3 heterocycles. The van der Waals surface area contributed by atoms with Gasteiger partial charge in [0, 0.05) is 17.8 Å². The van der Waals surface area contributed by atoms with Gasteiger partial charge in [0.15, 0.2) is 10.8 Å². The molecule has 0 saturated carbocycles. The lowest BCUT2D eigenvalue weighted by Crippen LogP contribution is -1.98. The van der Waals surface area contributed by atoms with Crippen molar-refractivity contribution in [3.63, 3.8) is 0 Å². The number of hydrogen-bond acceptors (Lipinski definition) is 5. The van der Waals surface area contributed by atoms with Crippen molar-refractivity contribution >= 4 is 29.0 Å². The van der Waals surface area contributed by atoms with Gasteiger partial charge in [0.1, 0.15) is 5.15 Å². The lowest BCUT2D eigenvalue weighted by atomic mass is 10.1. The Balaban J connectivity index is 2.21. The number of hydrogen-bond donors (Lipinski definition) is 0. The number of rotatable bonds is 3. The standard InChI is InChI=1S/C14H14ClN5S/c1-8(2)9-7-17-20-12(15)6-11(18-13(9)20)10-4-5-16-14(19-10)21-3/h4-8H,1-3H3. The van der Waals surface area contributed by atoms with Crippen LogP contribution in [0.1, 0.15) is 25.3 Å². The molecule has 3 rings (SSSR count). The van der Waals surface area contributed by atoms with E-state index in [1.165, 1.54) is 11.8 Å². The van der Waals surface area contributed by atoms with E-state index in [4.69, 9.17) is 11.6 Å². The van der Waals surface area contributed by atoms with E-state index in [-0.39, 0.29) is 0 Å². The normalized spacial score (nSPS) is 11.5. The van der Waals surface area contributed by atoms with Gasteiger partial charge in [0.2, 0.25) is 0 Å². The molecule has 0 spiro atoms. The summed E-state index contributed by atoms with van der Waals surface area (Å²) in [5.74, 6) is 0.327. The molecule has 0 aliphatic rings. The fraction of sp³-hybridized carbons (Fsp3) is 0.286. The maximum Gasteiger partial charge on any atom is 0.187 e. The molecule has 0 fully saturated rings. The largest absolute Gasteiger partial charge is 0.231 e. The lowest BCUT2D eigenvalue weighted by Gasteiger charge is -2.06. The first-order valence-electron chi connectivity index (χ1n) is 6.51. The number of fused-ring (bicyclic) bond motifs is 1. The highest BCUT2D eigenvalue weighted by atomic mass is 35.5. The Morgan fingerprint density at radius 2 is 2.05 bits per heavy atom.